The molecule has 1 rings (SSSR count). The van der Waals surface area contributed by atoms with Crippen LogP contribution >= 0.6 is 12.4 Å². The number of benzene rings is 1. The van der Waals surface area contributed by atoms with Gasteiger partial charge in [0.2, 0.25) is 5.91 Å². The number of hydrogen-bond donors (Lipinski definition) is 1. The Morgan fingerprint density at radius 1 is 1.44 bits per heavy atom. The van der Waals surface area contributed by atoms with Crippen LogP contribution in [0.2, 0.25) is 0 Å². The first kappa shape index (κ1) is 14.9. The van der Waals surface area contributed by atoms with Crippen molar-refractivity contribution in [3.05, 3.63) is 35.6 Å². The van der Waals surface area contributed by atoms with Crippen LogP contribution in [0.1, 0.15) is 5.56 Å². The van der Waals surface area contributed by atoms with Crippen LogP contribution in [0.15, 0.2) is 24.3 Å². The highest BCUT2D eigenvalue weighted by molar-refractivity contribution is 5.85. The lowest BCUT2D eigenvalue weighted by Crippen LogP contribution is -2.34. The molecule has 0 spiro atoms. The lowest BCUT2D eigenvalue weighted by molar-refractivity contribution is -0.128. The second-order valence-electron chi connectivity index (χ2n) is 3.36. The highest BCUT2D eigenvalue weighted by Gasteiger charge is 2.07. The SMILES string of the molecule is CN(CCc1ccccc1F)C(=O)CN.Cl. The maximum atomic E-state index is 13.2. The molecule has 1 aromatic rings. The molecule has 0 heterocycles. The molecule has 90 valence electrons. The van der Waals surface area contributed by atoms with Gasteiger partial charge in [-0.1, -0.05) is 18.2 Å². The molecule has 5 heteroatoms. The van der Waals surface area contributed by atoms with Crippen LogP contribution in [0.25, 0.3) is 0 Å². The molecule has 16 heavy (non-hydrogen) atoms. The molecular formula is C11H16ClFN2O. The number of nitrogens with zero attached hydrogens (tertiary/aromatic N) is 1. The molecule has 0 aliphatic heterocycles. The van der Waals surface area contributed by atoms with Crippen molar-refractivity contribution < 1.29 is 9.18 Å². The number of hydrogen-bond acceptors (Lipinski definition) is 2. The first-order chi connectivity index (χ1) is 7.15. The summed E-state index contributed by atoms with van der Waals surface area (Å²) in [6, 6.07) is 6.56. The summed E-state index contributed by atoms with van der Waals surface area (Å²) in [5, 5.41) is 0. The van der Waals surface area contributed by atoms with E-state index < -0.39 is 0 Å². The topological polar surface area (TPSA) is 46.3 Å². The summed E-state index contributed by atoms with van der Waals surface area (Å²) in [6.45, 7) is 0.477. The summed E-state index contributed by atoms with van der Waals surface area (Å²) in [7, 11) is 1.66. The molecular weight excluding hydrogens is 231 g/mol. The van der Waals surface area contributed by atoms with Gasteiger partial charge >= 0.3 is 0 Å². The minimum Gasteiger partial charge on any atom is -0.344 e. The summed E-state index contributed by atoms with van der Waals surface area (Å²) in [5.74, 6) is -0.363. The molecule has 0 saturated carbocycles. The van der Waals surface area contributed by atoms with Crippen molar-refractivity contribution in [2.45, 2.75) is 6.42 Å². The Balaban J connectivity index is 0.00000225. The van der Waals surface area contributed by atoms with Crippen molar-refractivity contribution >= 4 is 18.3 Å². The van der Waals surface area contributed by atoms with Gasteiger partial charge in [0.15, 0.2) is 0 Å². The molecule has 0 atom stereocenters. The molecule has 0 fully saturated rings. The summed E-state index contributed by atoms with van der Waals surface area (Å²) in [4.78, 5) is 12.6. The monoisotopic (exact) mass is 246 g/mol. The highest BCUT2D eigenvalue weighted by Crippen LogP contribution is 2.07. The van der Waals surface area contributed by atoms with E-state index in [2.05, 4.69) is 0 Å². The molecule has 0 bridgehead atoms. The molecule has 2 N–H and O–H groups in total. The van der Waals surface area contributed by atoms with Gasteiger partial charge in [0, 0.05) is 13.6 Å². The fraction of sp³-hybridized carbons (Fsp3) is 0.364. The molecule has 0 saturated heterocycles. The molecule has 0 aromatic heterocycles. The van der Waals surface area contributed by atoms with Crippen LogP contribution < -0.4 is 5.73 Å². The van der Waals surface area contributed by atoms with Crippen LogP contribution in [-0.4, -0.2) is 30.9 Å². The second kappa shape index (κ2) is 7.19. The molecule has 0 unspecified atom stereocenters. The first-order valence-corrected chi connectivity index (χ1v) is 4.82. The van der Waals surface area contributed by atoms with Gasteiger partial charge in [-0.05, 0) is 18.1 Å². The number of likely N-dealkylation sites (N-methyl/N-ethyl adjacent to an activating group) is 1. The highest BCUT2D eigenvalue weighted by atomic mass is 35.5. The summed E-state index contributed by atoms with van der Waals surface area (Å²) in [6.07, 6.45) is 0.509. The summed E-state index contributed by atoms with van der Waals surface area (Å²) < 4.78 is 13.2. The zero-order chi connectivity index (χ0) is 11.3. The molecule has 0 aliphatic carbocycles. The zero-order valence-electron chi connectivity index (χ0n) is 9.15. The fourth-order valence-electron chi connectivity index (χ4n) is 1.27. The van der Waals surface area contributed by atoms with E-state index in [4.69, 9.17) is 5.73 Å². The van der Waals surface area contributed by atoms with Crippen molar-refractivity contribution in [2.75, 3.05) is 20.1 Å². The third-order valence-corrected chi connectivity index (χ3v) is 2.27. The number of carbonyl (C=O) groups excluding carboxylic acids is 1. The Morgan fingerprint density at radius 3 is 2.62 bits per heavy atom. The van der Waals surface area contributed by atoms with Crippen LogP contribution in [0, 0.1) is 5.82 Å². The predicted molar refractivity (Wildman–Crippen MR) is 64.0 cm³/mol. The lowest BCUT2D eigenvalue weighted by atomic mass is 10.1. The average molecular weight is 247 g/mol. The van der Waals surface area contributed by atoms with Gasteiger partial charge in [-0.2, -0.15) is 0 Å². The minimum atomic E-state index is -0.230. The molecule has 1 aromatic carbocycles. The fourth-order valence-corrected chi connectivity index (χ4v) is 1.27. The van der Waals surface area contributed by atoms with E-state index in [-0.39, 0.29) is 30.7 Å². The minimum absolute atomic E-state index is 0. The Morgan fingerprint density at radius 2 is 2.06 bits per heavy atom. The summed E-state index contributed by atoms with van der Waals surface area (Å²) >= 11 is 0. The molecule has 0 radical (unpaired) electrons. The Bertz CT molecular complexity index is 347. The third kappa shape index (κ3) is 4.16. The molecule has 3 nitrogen and oxygen atoms in total. The van der Waals surface area contributed by atoms with Gasteiger partial charge in [-0.3, -0.25) is 4.79 Å². The number of rotatable bonds is 4. The van der Waals surface area contributed by atoms with Gasteiger partial charge in [0.1, 0.15) is 5.82 Å². The number of amides is 1. The Kier molecular flexibility index (Phi) is 6.69. The Labute approximate surface area is 101 Å². The first-order valence-electron chi connectivity index (χ1n) is 4.82. The van der Waals surface area contributed by atoms with E-state index in [0.29, 0.717) is 18.5 Å². The number of carbonyl (C=O) groups is 1. The maximum Gasteiger partial charge on any atom is 0.236 e. The van der Waals surface area contributed by atoms with E-state index in [0.717, 1.165) is 0 Å². The van der Waals surface area contributed by atoms with Crippen molar-refractivity contribution in [2.24, 2.45) is 5.73 Å². The van der Waals surface area contributed by atoms with Crippen LogP contribution in [0.5, 0.6) is 0 Å². The van der Waals surface area contributed by atoms with Crippen molar-refractivity contribution in [1.29, 1.82) is 0 Å². The van der Waals surface area contributed by atoms with Crippen LogP contribution in [-0.2, 0) is 11.2 Å². The van der Waals surface area contributed by atoms with Gasteiger partial charge in [0.25, 0.3) is 0 Å². The van der Waals surface area contributed by atoms with Crippen molar-refractivity contribution in [1.82, 2.24) is 4.90 Å². The standard InChI is InChI=1S/C11H15FN2O.ClH/c1-14(11(15)8-13)7-6-9-4-2-3-5-10(9)12;/h2-5H,6-8,13H2,1H3;1H. The smallest absolute Gasteiger partial charge is 0.236 e. The average Bonchev–Trinajstić information content (AvgIpc) is 2.26. The van der Waals surface area contributed by atoms with E-state index >= 15 is 0 Å². The molecule has 0 aliphatic rings. The lowest BCUT2D eigenvalue weighted by Gasteiger charge is -2.15. The van der Waals surface area contributed by atoms with Crippen molar-refractivity contribution in [3.63, 3.8) is 0 Å². The normalized spacial score (nSPS) is 9.44. The quantitative estimate of drug-likeness (QED) is 0.868. The van der Waals surface area contributed by atoms with Gasteiger partial charge in [-0.15, -0.1) is 12.4 Å². The number of nitrogens with two attached hydrogens (primary N) is 1. The zero-order valence-corrected chi connectivity index (χ0v) is 9.97. The second-order valence-corrected chi connectivity index (χ2v) is 3.36. The Hall–Kier alpha value is -1.13. The van der Waals surface area contributed by atoms with E-state index in [1.165, 1.54) is 11.0 Å². The van der Waals surface area contributed by atoms with Gasteiger partial charge in [-0.25, -0.2) is 4.39 Å². The number of halogens is 2. The van der Waals surface area contributed by atoms with Gasteiger partial charge < -0.3 is 10.6 Å². The van der Waals surface area contributed by atoms with E-state index in [9.17, 15) is 9.18 Å². The predicted octanol–water partition coefficient (Wildman–Crippen LogP) is 1.21. The van der Waals surface area contributed by atoms with Crippen LogP contribution in [0.4, 0.5) is 4.39 Å². The molecule has 1 amide bonds. The van der Waals surface area contributed by atoms with Crippen LogP contribution in [0.3, 0.4) is 0 Å². The van der Waals surface area contributed by atoms with E-state index in [1.807, 2.05) is 0 Å². The maximum absolute atomic E-state index is 13.2. The summed E-state index contributed by atoms with van der Waals surface area (Å²) in [5.41, 5.74) is 5.83. The third-order valence-electron chi connectivity index (χ3n) is 2.27. The van der Waals surface area contributed by atoms with E-state index in [1.54, 1.807) is 25.2 Å². The largest absolute Gasteiger partial charge is 0.344 e. The van der Waals surface area contributed by atoms with Gasteiger partial charge in [0.05, 0.1) is 6.54 Å². The van der Waals surface area contributed by atoms with Crippen molar-refractivity contribution in [3.8, 4) is 0 Å².